The number of hydrogen-bond donors (Lipinski definition) is 0. The fraction of sp³-hybridized carbons (Fsp3) is 0.569. The average Bonchev–Trinajstić information content (AvgIpc) is 3.29. The second-order valence-corrected chi connectivity index (χ2v) is 16.0. The van der Waals surface area contributed by atoms with Crippen LogP contribution in [0.5, 0.6) is 0 Å². The topological polar surface area (TPSA) is 78.9 Å². The van der Waals surface area contributed by atoms with Crippen molar-refractivity contribution in [3.63, 3.8) is 0 Å². The largest absolute Gasteiger partial charge is 0.462 e. The van der Waals surface area contributed by atoms with Crippen LogP contribution >= 0.6 is 0 Å². The van der Waals surface area contributed by atoms with Gasteiger partial charge in [-0.05, 0) is 122 Å². The summed E-state index contributed by atoms with van der Waals surface area (Å²) in [5.74, 6) is -1.03. The minimum atomic E-state index is -0.823. The van der Waals surface area contributed by atoms with Crippen molar-refractivity contribution in [1.29, 1.82) is 0 Å². The first-order valence-electron chi connectivity index (χ1n) is 25.2. The first-order valence-corrected chi connectivity index (χ1v) is 25.2. The Morgan fingerprint density at radius 2 is 0.625 bits per heavy atom. The molecular weight excluding hydrogens is 793 g/mol. The van der Waals surface area contributed by atoms with E-state index in [-0.39, 0.29) is 44.0 Å². The molecule has 0 saturated carbocycles. The molecule has 0 radical (unpaired) electrons. The molecule has 0 bridgehead atoms. The Labute approximate surface area is 392 Å². The van der Waals surface area contributed by atoms with Crippen LogP contribution < -0.4 is 0 Å². The van der Waals surface area contributed by atoms with E-state index in [1.807, 2.05) is 0 Å². The van der Waals surface area contributed by atoms with E-state index in [0.717, 1.165) is 128 Å². The molecule has 358 valence electrons. The van der Waals surface area contributed by atoms with Crippen LogP contribution in [0, 0.1) is 0 Å². The summed E-state index contributed by atoms with van der Waals surface area (Å²) in [6.45, 7) is 6.23. The first kappa shape index (κ1) is 59.5. The maximum absolute atomic E-state index is 12.7. The maximum atomic E-state index is 12.7. The monoisotopic (exact) mass is 883 g/mol. The Kier molecular flexibility index (Phi) is 47.6. The number of hydrogen-bond acceptors (Lipinski definition) is 6. The van der Waals surface area contributed by atoms with Crippen LogP contribution in [0.15, 0.2) is 134 Å². The van der Waals surface area contributed by atoms with Gasteiger partial charge in [-0.2, -0.15) is 0 Å². The van der Waals surface area contributed by atoms with Crippen molar-refractivity contribution >= 4 is 17.9 Å². The fourth-order valence-corrected chi connectivity index (χ4v) is 6.15. The molecule has 6 heteroatoms. The van der Waals surface area contributed by atoms with Gasteiger partial charge < -0.3 is 14.2 Å². The number of allylic oxidation sites excluding steroid dienone is 22. The summed E-state index contributed by atoms with van der Waals surface area (Å²) in [5, 5.41) is 0. The molecule has 0 aliphatic carbocycles. The van der Waals surface area contributed by atoms with Gasteiger partial charge in [-0.25, -0.2) is 0 Å². The lowest BCUT2D eigenvalue weighted by molar-refractivity contribution is -0.167. The molecule has 0 N–H and O–H groups in total. The molecule has 1 unspecified atom stereocenters. The highest BCUT2D eigenvalue weighted by Gasteiger charge is 2.19. The highest BCUT2D eigenvalue weighted by molar-refractivity contribution is 5.71. The number of ether oxygens (including phenoxy) is 3. The lowest BCUT2D eigenvalue weighted by Gasteiger charge is -2.18. The van der Waals surface area contributed by atoms with E-state index >= 15 is 0 Å². The minimum absolute atomic E-state index is 0.118. The van der Waals surface area contributed by atoms with Crippen LogP contribution in [0.25, 0.3) is 0 Å². The molecular formula is C58H90O6. The number of carbonyl (C=O) groups excluding carboxylic acids is 3. The van der Waals surface area contributed by atoms with Gasteiger partial charge in [-0.1, -0.05) is 187 Å². The number of rotatable bonds is 43. The summed E-state index contributed by atoms with van der Waals surface area (Å²) in [4.78, 5) is 37.8. The van der Waals surface area contributed by atoms with Crippen LogP contribution in [-0.4, -0.2) is 37.2 Å². The van der Waals surface area contributed by atoms with Gasteiger partial charge in [0.2, 0.25) is 0 Å². The van der Waals surface area contributed by atoms with Crippen LogP contribution in [0.1, 0.15) is 194 Å². The molecule has 0 aromatic heterocycles. The van der Waals surface area contributed by atoms with Crippen molar-refractivity contribution < 1.29 is 28.6 Å². The molecule has 0 saturated heterocycles. The highest BCUT2D eigenvalue weighted by atomic mass is 16.6. The maximum Gasteiger partial charge on any atom is 0.306 e. The van der Waals surface area contributed by atoms with E-state index in [9.17, 15) is 14.4 Å². The molecule has 0 rings (SSSR count). The lowest BCUT2D eigenvalue weighted by atomic mass is 10.1. The van der Waals surface area contributed by atoms with Gasteiger partial charge in [0.25, 0.3) is 0 Å². The Hall–Kier alpha value is -4.45. The van der Waals surface area contributed by atoms with E-state index in [4.69, 9.17) is 14.2 Å². The fourth-order valence-electron chi connectivity index (χ4n) is 6.15. The number of unbranched alkanes of at least 4 members (excludes halogenated alkanes) is 10. The smallest absolute Gasteiger partial charge is 0.306 e. The second-order valence-electron chi connectivity index (χ2n) is 16.0. The van der Waals surface area contributed by atoms with Crippen molar-refractivity contribution in [3.8, 4) is 0 Å². The van der Waals surface area contributed by atoms with E-state index in [2.05, 4.69) is 154 Å². The van der Waals surface area contributed by atoms with Gasteiger partial charge in [0.1, 0.15) is 13.2 Å². The van der Waals surface area contributed by atoms with E-state index < -0.39 is 6.10 Å². The van der Waals surface area contributed by atoms with Gasteiger partial charge in [0.05, 0.1) is 0 Å². The minimum Gasteiger partial charge on any atom is -0.462 e. The molecule has 0 aromatic carbocycles. The van der Waals surface area contributed by atoms with Gasteiger partial charge >= 0.3 is 17.9 Å². The van der Waals surface area contributed by atoms with Crippen molar-refractivity contribution in [2.24, 2.45) is 0 Å². The molecule has 0 aliphatic heterocycles. The number of esters is 3. The summed E-state index contributed by atoms with van der Waals surface area (Å²) in [5.41, 5.74) is 0. The zero-order valence-electron chi connectivity index (χ0n) is 40.7. The van der Waals surface area contributed by atoms with E-state index in [0.29, 0.717) is 19.3 Å². The van der Waals surface area contributed by atoms with Gasteiger partial charge in [-0.15, -0.1) is 0 Å². The highest BCUT2D eigenvalue weighted by Crippen LogP contribution is 2.11. The SMILES string of the molecule is CC/C=C\C/C=C\C/C=C\C/C=C\C/C=C\C/C=C\C/C=C\CCCC(=O)OCC(COC(=O)CCCCCCC/C=C\CCC)OC(=O)CCCCC/C=C\C/C=C\C/C=C\CC. The third kappa shape index (κ3) is 48.6. The predicted octanol–water partition coefficient (Wildman–Crippen LogP) is 16.7. The first-order chi connectivity index (χ1) is 31.5. The van der Waals surface area contributed by atoms with Crippen LogP contribution in [-0.2, 0) is 28.6 Å². The van der Waals surface area contributed by atoms with Crippen molar-refractivity contribution in [3.05, 3.63) is 134 Å². The third-order valence-electron chi connectivity index (χ3n) is 9.85. The van der Waals surface area contributed by atoms with Crippen molar-refractivity contribution in [2.75, 3.05) is 13.2 Å². The van der Waals surface area contributed by atoms with Crippen LogP contribution in [0.3, 0.4) is 0 Å². The Bertz CT molecular complexity index is 1430. The quantitative estimate of drug-likeness (QED) is 0.0263. The Morgan fingerprint density at radius 1 is 0.328 bits per heavy atom. The summed E-state index contributed by atoms with van der Waals surface area (Å²) < 4.78 is 16.7. The number of carbonyl (C=O) groups is 3. The molecule has 6 nitrogen and oxygen atoms in total. The zero-order valence-corrected chi connectivity index (χ0v) is 40.7. The predicted molar refractivity (Wildman–Crippen MR) is 274 cm³/mol. The van der Waals surface area contributed by atoms with Crippen LogP contribution in [0.4, 0.5) is 0 Å². The average molecular weight is 883 g/mol. The molecule has 64 heavy (non-hydrogen) atoms. The van der Waals surface area contributed by atoms with Gasteiger partial charge in [-0.3, -0.25) is 14.4 Å². The molecule has 0 amide bonds. The van der Waals surface area contributed by atoms with E-state index in [1.165, 1.54) is 12.8 Å². The Morgan fingerprint density at radius 3 is 1.05 bits per heavy atom. The van der Waals surface area contributed by atoms with Gasteiger partial charge in [0.15, 0.2) is 6.10 Å². The summed E-state index contributed by atoms with van der Waals surface area (Å²) in [6, 6.07) is 0. The molecule has 0 aromatic rings. The second kappa shape index (κ2) is 51.2. The normalized spacial score (nSPS) is 13.2. The molecule has 0 fully saturated rings. The van der Waals surface area contributed by atoms with Crippen molar-refractivity contribution in [1.82, 2.24) is 0 Å². The van der Waals surface area contributed by atoms with Crippen LogP contribution in [0.2, 0.25) is 0 Å². The molecule has 0 heterocycles. The zero-order chi connectivity index (χ0) is 46.5. The van der Waals surface area contributed by atoms with E-state index in [1.54, 1.807) is 0 Å². The molecule has 0 aliphatic rings. The van der Waals surface area contributed by atoms with Crippen molar-refractivity contribution in [2.45, 2.75) is 200 Å². The Balaban J connectivity index is 4.49. The standard InChI is InChI=1S/C58H90O6/c1-4-7-10-13-16-19-22-24-25-26-27-28-29-30-31-32-33-35-36-39-42-45-48-51-57(60)63-54-55(53-62-56(59)50-47-44-41-38-21-18-15-12-9-6-3)64-58(61)52-49-46-43-40-37-34-23-20-17-14-11-8-5-2/h7-8,10-12,15-17,19-20,24-25,27-28,30-31,33-35,37,39,42,55H,4-6,9,13-14,18,21-23,26,29,32,36,38,40-41,43-54H2,1-3H3/b10-7-,11-8-,15-12-,19-16-,20-17-,25-24-,28-27-,31-30-,35-33-,37-34-,42-39-. The summed E-state index contributed by atoms with van der Waals surface area (Å²) in [7, 11) is 0. The summed E-state index contributed by atoms with van der Waals surface area (Å²) >= 11 is 0. The summed E-state index contributed by atoms with van der Waals surface area (Å²) in [6.07, 6.45) is 71.6. The van der Waals surface area contributed by atoms with Gasteiger partial charge in [0, 0.05) is 19.3 Å². The third-order valence-corrected chi connectivity index (χ3v) is 9.85. The molecule has 1 atom stereocenters. The molecule has 0 spiro atoms. The lowest BCUT2D eigenvalue weighted by Crippen LogP contribution is -2.30.